The molecule has 0 aromatic carbocycles. The highest BCUT2D eigenvalue weighted by molar-refractivity contribution is 7.99. The fourth-order valence-corrected chi connectivity index (χ4v) is 2.91. The molecule has 11 heavy (non-hydrogen) atoms. The Balaban J connectivity index is 1.79. The monoisotopic (exact) mass is 173 g/mol. The summed E-state index contributed by atoms with van der Waals surface area (Å²) in [5.41, 5.74) is 0. The van der Waals surface area contributed by atoms with Crippen LogP contribution in [0, 0.1) is 5.92 Å². The van der Waals surface area contributed by atoms with Gasteiger partial charge in [0.25, 0.3) is 0 Å². The Bertz CT molecular complexity index is 138. The van der Waals surface area contributed by atoms with Gasteiger partial charge in [-0.2, -0.15) is 11.8 Å². The predicted molar refractivity (Wildman–Crippen MR) is 47.8 cm³/mol. The Morgan fingerprint density at radius 1 is 1.36 bits per heavy atom. The zero-order chi connectivity index (χ0) is 7.68. The maximum Gasteiger partial charge on any atom is 0.0482 e. The molecule has 0 aromatic rings. The lowest BCUT2D eigenvalue weighted by molar-refractivity contribution is 0.216. The molecule has 1 heterocycles. The van der Waals surface area contributed by atoms with E-state index < -0.39 is 0 Å². The van der Waals surface area contributed by atoms with E-state index in [1.807, 2.05) is 11.8 Å². The van der Waals surface area contributed by atoms with Gasteiger partial charge in [-0.15, -0.1) is 0 Å². The van der Waals surface area contributed by atoms with Crippen LogP contribution in [0.15, 0.2) is 0 Å². The molecule has 2 aliphatic rings. The highest BCUT2D eigenvalue weighted by Crippen LogP contribution is 2.28. The highest BCUT2D eigenvalue weighted by Gasteiger charge is 2.32. The number of aliphatic hydroxyl groups is 1. The number of nitrogens with one attached hydrogen (secondary N) is 1. The van der Waals surface area contributed by atoms with Crippen LogP contribution in [0.5, 0.6) is 0 Å². The highest BCUT2D eigenvalue weighted by atomic mass is 32.2. The maximum atomic E-state index is 9.02. The third-order valence-corrected chi connectivity index (χ3v) is 3.72. The molecule has 3 heteroatoms. The van der Waals surface area contributed by atoms with Crippen molar-refractivity contribution in [3.05, 3.63) is 0 Å². The molecule has 0 aromatic heterocycles. The van der Waals surface area contributed by atoms with Crippen molar-refractivity contribution in [3.63, 3.8) is 0 Å². The molecular formula is C8H15NOS. The second kappa shape index (κ2) is 3.33. The third-order valence-electron chi connectivity index (χ3n) is 2.46. The zero-order valence-electron chi connectivity index (χ0n) is 6.62. The van der Waals surface area contributed by atoms with Crippen LogP contribution < -0.4 is 5.32 Å². The molecule has 2 N–H and O–H groups in total. The van der Waals surface area contributed by atoms with Gasteiger partial charge in [-0.05, 0) is 18.6 Å². The number of hydrogen-bond donors (Lipinski definition) is 2. The summed E-state index contributed by atoms with van der Waals surface area (Å²) in [5.74, 6) is 2.85. The van der Waals surface area contributed by atoms with Gasteiger partial charge in [-0.1, -0.05) is 0 Å². The van der Waals surface area contributed by atoms with Crippen LogP contribution in [-0.4, -0.2) is 35.3 Å². The van der Waals surface area contributed by atoms with Gasteiger partial charge in [0.2, 0.25) is 0 Å². The van der Waals surface area contributed by atoms with Crippen molar-refractivity contribution in [2.75, 3.05) is 18.1 Å². The lowest BCUT2D eigenvalue weighted by Crippen LogP contribution is -2.38. The summed E-state index contributed by atoms with van der Waals surface area (Å²) in [5, 5.41) is 12.6. The topological polar surface area (TPSA) is 32.3 Å². The van der Waals surface area contributed by atoms with Crippen LogP contribution in [0.4, 0.5) is 0 Å². The zero-order valence-corrected chi connectivity index (χ0v) is 7.44. The first-order valence-electron chi connectivity index (χ1n) is 4.35. The standard InChI is InChI=1S/C8H15NOS/c10-3-6-4-11-5-8(6)9-7-1-2-7/h6-10H,1-5H2. The van der Waals surface area contributed by atoms with Crippen molar-refractivity contribution >= 4 is 11.8 Å². The van der Waals surface area contributed by atoms with Crippen molar-refractivity contribution in [2.45, 2.75) is 24.9 Å². The molecule has 64 valence electrons. The second-order valence-electron chi connectivity index (χ2n) is 3.53. The summed E-state index contributed by atoms with van der Waals surface area (Å²) in [7, 11) is 0. The average Bonchev–Trinajstić information content (AvgIpc) is 2.68. The summed E-state index contributed by atoms with van der Waals surface area (Å²) in [6.45, 7) is 0.359. The SMILES string of the molecule is OCC1CSCC1NC1CC1. The molecule has 1 saturated heterocycles. The molecule has 0 spiro atoms. The van der Waals surface area contributed by atoms with Gasteiger partial charge in [-0.25, -0.2) is 0 Å². The van der Waals surface area contributed by atoms with Gasteiger partial charge >= 0.3 is 0 Å². The lowest BCUT2D eigenvalue weighted by Gasteiger charge is -2.17. The molecule has 2 atom stereocenters. The van der Waals surface area contributed by atoms with E-state index in [9.17, 15) is 0 Å². The van der Waals surface area contributed by atoms with Gasteiger partial charge in [0.05, 0.1) is 0 Å². The van der Waals surface area contributed by atoms with Crippen molar-refractivity contribution < 1.29 is 5.11 Å². The first-order chi connectivity index (χ1) is 5.40. The minimum atomic E-state index is 0.359. The van der Waals surface area contributed by atoms with E-state index in [2.05, 4.69) is 5.32 Å². The molecular weight excluding hydrogens is 158 g/mol. The van der Waals surface area contributed by atoms with E-state index in [0.717, 1.165) is 11.8 Å². The van der Waals surface area contributed by atoms with Gasteiger partial charge in [0.1, 0.15) is 0 Å². The van der Waals surface area contributed by atoms with Crippen LogP contribution in [0.3, 0.4) is 0 Å². The van der Waals surface area contributed by atoms with Crippen LogP contribution in [-0.2, 0) is 0 Å². The fraction of sp³-hybridized carbons (Fsp3) is 1.00. The number of hydrogen-bond acceptors (Lipinski definition) is 3. The Hall–Kier alpha value is 0.270. The molecule has 2 nitrogen and oxygen atoms in total. The summed E-state index contributed by atoms with van der Waals surface area (Å²) < 4.78 is 0. The molecule has 1 aliphatic carbocycles. The van der Waals surface area contributed by atoms with Gasteiger partial charge in [0, 0.05) is 30.4 Å². The van der Waals surface area contributed by atoms with Crippen molar-refractivity contribution in [3.8, 4) is 0 Å². The van der Waals surface area contributed by atoms with E-state index in [0.29, 0.717) is 18.6 Å². The molecule has 1 saturated carbocycles. The van der Waals surface area contributed by atoms with E-state index in [1.54, 1.807) is 0 Å². The van der Waals surface area contributed by atoms with Crippen molar-refractivity contribution in [1.82, 2.24) is 5.32 Å². The molecule has 0 bridgehead atoms. The van der Waals surface area contributed by atoms with E-state index in [-0.39, 0.29) is 0 Å². The maximum absolute atomic E-state index is 9.02. The number of rotatable bonds is 3. The van der Waals surface area contributed by atoms with E-state index in [4.69, 9.17) is 5.11 Å². The predicted octanol–water partition coefficient (Wildman–Crippen LogP) is 0.462. The first kappa shape index (κ1) is 7.90. The second-order valence-corrected chi connectivity index (χ2v) is 4.60. The van der Waals surface area contributed by atoms with Crippen molar-refractivity contribution in [1.29, 1.82) is 0 Å². The smallest absolute Gasteiger partial charge is 0.0482 e. The summed E-state index contributed by atoms with van der Waals surface area (Å²) in [6.07, 6.45) is 2.69. The van der Waals surface area contributed by atoms with Gasteiger partial charge in [0.15, 0.2) is 0 Å². The van der Waals surface area contributed by atoms with Crippen molar-refractivity contribution in [2.24, 2.45) is 5.92 Å². The molecule has 0 radical (unpaired) electrons. The van der Waals surface area contributed by atoms with E-state index in [1.165, 1.54) is 18.6 Å². The Morgan fingerprint density at radius 2 is 2.18 bits per heavy atom. The quantitative estimate of drug-likeness (QED) is 0.650. The fourth-order valence-electron chi connectivity index (χ4n) is 1.52. The summed E-state index contributed by atoms with van der Waals surface area (Å²) >= 11 is 1.96. The Labute approximate surface area is 71.7 Å². The minimum absolute atomic E-state index is 0.359. The molecule has 2 fully saturated rings. The Kier molecular flexibility index (Phi) is 2.39. The van der Waals surface area contributed by atoms with E-state index >= 15 is 0 Å². The average molecular weight is 173 g/mol. The third kappa shape index (κ3) is 1.89. The summed E-state index contributed by atoms with van der Waals surface area (Å²) in [4.78, 5) is 0. The van der Waals surface area contributed by atoms with Gasteiger partial charge in [-0.3, -0.25) is 0 Å². The first-order valence-corrected chi connectivity index (χ1v) is 5.50. The molecule has 2 rings (SSSR count). The number of thioether (sulfide) groups is 1. The summed E-state index contributed by atoms with van der Waals surface area (Å²) in [6, 6.07) is 1.38. The minimum Gasteiger partial charge on any atom is -0.396 e. The molecule has 2 unspecified atom stereocenters. The van der Waals surface area contributed by atoms with Crippen LogP contribution >= 0.6 is 11.8 Å². The van der Waals surface area contributed by atoms with Crippen LogP contribution in [0.25, 0.3) is 0 Å². The van der Waals surface area contributed by atoms with Crippen LogP contribution in [0.2, 0.25) is 0 Å². The number of aliphatic hydroxyl groups excluding tert-OH is 1. The molecule has 0 amide bonds. The molecule has 1 aliphatic heterocycles. The van der Waals surface area contributed by atoms with Crippen LogP contribution in [0.1, 0.15) is 12.8 Å². The normalized spacial score (nSPS) is 37.9. The largest absolute Gasteiger partial charge is 0.396 e. The lowest BCUT2D eigenvalue weighted by atomic mass is 10.1. The Morgan fingerprint density at radius 3 is 2.82 bits per heavy atom. The van der Waals surface area contributed by atoms with Gasteiger partial charge < -0.3 is 10.4 Å².